The quantitative estimate of drug-likeness (QED) is 0.413. The van der Waals surface area contributed by atoms with Crippen molar-refractivity contribution in [2.75, 3.05) is 14.2 Å². The number of benzene rings is 4. The molecule has 0 spiro atoms. The first-order chi connectivity index (χ1) is 15.7. The highest BCUT2D eigenvalue weighted by atomic mass is 16.5. The molecule has 156 valence electrons. The molecule has 0 aromatic heterocycles. The Morgan fingerprint density at radius 1 is 0.781 bits per heavy atom. The summed E-state index contributed by atoms with van der Waals surface area (Å²) in [5, 5.41) is 2.31. The van der Waals surface area contributed by atoms with Gasteiger partial charge in [-0.15, -0.1) is 0 Å². The number of nitrogens with zero attached hydrogens (tertiary/aromatic N) is 1. The number of hydrogen-bond donors (Lipinski definition) is 0. The molecule has 4 aromatic rings. The van der Waals surface area contributed by atoms with Crippen LogP contribution in [0.3, 0.4) is 0 Å². The molecular weight excluding hydrogens is 398 g/mol. The molecule has 1 heterocycles. The van der Waals surface area contributed by atoms with Gasteiger partial charge in [0.25, 0.3) is 0 Å². The van der Waals surface area contributed by atoms with Crippen molar-refractivity contribution in [1.82, 2.24) is 0 Å². The standard InChI is InChI=1S/C28H21NO3/c1-31-22-14-12-17(15-23(22)32-2)27-26-25(19-9-5-6-10-20(19)28(26)30)24-18-8-4-3-7-16(18)11-13-21(24)29-27/h3-15,25-26H,1-2H3. The molecule has 0 fully saturated rings. The number of fused-ring (bicyclic) bond motifs is 7. The van der Waals surface area contributed by atoms with E-state index in [4.69, 9.17) is 14.5 Å². The Morgan fingerprint density at radius 3 is 2.41 bits per heavy atom. The van der Waals surface area contributed by atoms with Crippen LogP contribution in [-0.2, 0) is 0 Å². The number of aliphatic imine (C=N–C) groups is 1. The van der Waals surface area contributed by atoms with Crippen molar-refractivity contribution in [2.24, 2.45) is 10.9 Å². The Morgan fingerprint density at radius 2 is 1.56 bits per heavy atom. The molecule has 0 saturated heterocycles. The van der Waals surface area contributed by atoms with E-state index in [2.05, 4.69) is 30.3 Å². The van der Waals surface area contributed by atoms with Gasteiger partial charge in [0.05, 0.1) is 31.5 Å². The van der Waals surface area contributed by atoms with Gasteiger partial charge in [0.15, 0.2) is 17.3 Å². The summed E-state index contributed by atoms with van der Waals surface area (Å²) in [6, 6.07) is 26.2. The van der Waals surface area contributed by atoms with E-state index in [1.54, 1.807) is 14.2 Å². The number of rotatable bonds is 3. The zero-order valence-corrected chi connectivity index (χ0v) is 17.8. The van der Waals surface area contributed by atoms with Gasteiger partial charge < -0.3 is 9.47 Å². The van der Waals surface area contributed by atoms with Crippen LogP contribution in [0.1, 0.15) is 33.0 Å². The highest BCUT2D eigenvalue weighted by molar-refractivity contribution is 6.24. The van der Waals surface area contributed by atoms with Gasteiger partial charge >= 0.3 is 0 Å². The summed E-state index contributed by atoms with van der Waals surface area (Å²) in [5.74, 6) is 0.954. The van der Waals surface area contributed by atoms with Crippen LogP contribution in [0.25, 0.3) is 10.8 Å². The lowest BCUT2D eigenvalue weighted by Crippen LogP contribution is -2.28. The second-order valence-corrected chi connectivity index (χ2v) is 8.19. The van der Waals surface area contributed by atoms with Gasteiger partial charge in [-0.2, -0.15) is 0 Å². The molecule has 4 nitrogen and oxygen atoms in total. The molecule has 6 rings (SSSR count). The number of ketones is 1. The van der Waals surface area contributed by atoms with Crippen LogP contribution in [0.2, 0.25) is 0 Å². The van der Waals surface area contributed by atoms with Crippen molar-refractivity contribution in [1.29, 1.82) is 0 Å². The Bertz CT molecular complexity index is 1440. The minimum absolute atomic E-state index is 0.0691. The van der Waals surface area contributed by atoms with E-state index in [0.717, 1.165) is 44.4 Å². The SMILES string of the molecule is COc1ccc(C2=Nc3ccc4ccccc4c3C3c4ccccc4C(=O)C23)cc1OC. The number of carbonyl (C=O) groups is 1. The molecule has 0 bridgehead atoms. The summed E-state index contributed by atoms with van der Waals surface area (Å²) in [5.41, 5.74) is 5.57. The summed E-state index contributed by atoms with van der Waals surface area (Å²) in [6.45, 7) is 0. The lowest BCUT2D eigenvalue weighted by atomic mass is 9.76. The minimum Gasteiger partial charge on any atom is -0.493 e. The van der Waals surface area contributed by atoms with Crippen LogP contribution in [-0.4, -0.2) is 25.7 Å². The average Bonchev–Trinajstić information content (AvgIpc) is 3.15. The molecule has 2 unspecified atom stereocenters. The predicted octanol–water partition coefficient (Wildman–Crippen LogP) is 5.94. The van der Waals surface area contributed by atoms with Gasteiger partial charge in [0.1, 0.15) is 0 Å². The molecule has 4 heteroatoms. The normalized spacial score (nSPS) is 18.6. The average molecular weight is 419 g/mol. The van der Waals surface area contributed by atoms with Gasteiger partial charge in [-0.1, -0.05) is 54.6 Å². The van der Waals surface area contributed by atoms with Crippen LogP contribution in [0.4, 0.5) is 5.69 Å². The highest BCUT2D eigenvalue weighted by Crippen LogP contribution is 2.52. The fraction of sp³-hybridized carbons (Fsp3) is 0.143. The van der Waals surface area contributed by atoms with Crippen LogP contribution in [0.5, 0.6) is 11.5 Å². The number of methoxy groups -OCH3 is 2. The minimum atomic E-state index is -0.371. The summed E-state index contributed by atoms with van der Waals surface area (Å²) >= 11 is 0. The third kappa shape index (κ3) is 2.56. The second kappa shape index (κ2) is 7.06. The molecule has 32 heavy (non-hydrogen) atoms. The van der Waals surface area contributed by atoms with E-state index in [9.17, 15) is 4.79 Å². The molecule has 1 aliphatic carbocycles. The summed E-state index contributed by atoms with van der Waals surface area (Å²) in [7, 11) is 3.23. The van der Waals surface area contributed by atoms with Crippen LogP contribution >= 0.6 is 0 Å². The largest absolute Gasteiger partial charge is 0.493 e. The maximum Gasteiger partial charge on any atom is 0.173 e. The zero-order valence-electron chi connectivity index (χ0n) is 17.8. The second-order valence-electron chi connectivity index (χ2n) is 8.19. The van der Waals surface area contributed by atoms with Crippen molar-refractivity contribution in [3.63, 3.8) is 0 Å². The molecule has 2 atom stereocenters. The third-order valence-electron chi connectivity index (χ3n) is 6.65. The lowest BCUT2D eigenvalue weighted by molar-refractivity contribution is 0.0963. The number of carbonyl (C=O) groups excluding carboxylic acids is 1. The molecule has 0 saturated carbocycles. The summed E-state index contributed by atoms with van der Waals surface area (Å²) < 4.78 is 10.9. The smallest absolute Gasteiger partial charge is 0.173 e. The Balaban J connectivity index is 1.66. The first-order valence-electron chi connectivity index (χ1n) is 10.7. The first kappa shape index (κ1) is 18.8. The lowest BCUT2D eigenvalue weighted by Gasteiger charge is -2.29. The zero-order chi connectivity index (χ0) is 21.8. The molecule has 0 amide bonds. The molecule has 0 radical (unpaired) electrons. The van der Waals surface area contributed by atoms with Gasteiger partial charge in [0.2, 0.25) is 0 Å². The maximum absolute atomic E-state index is 13.7. The van der Waals surface area contributed by atoms with Crippen molar-refractivity contribution in [2.45, 2.75) is 5.92 Å². The van der Waals surface area contributed by atoms with Crippen molar-refractivity contribution in [3.8, 4) is 11.5 Å². The summed E-state index contributed by atoms with van der Waals surface area (Å²) in [4.78, 5) is 18.8. The van der Waals surface area contributed by atoms with Gasteiger partial charge in [-0.3, -0.25) is 9.79 Å². The van der Waals surface area contributed by atoms with Crippen LogP contribution in [0, 0.1) is 5.92 Å². The van der Waals surface area contributed by atoms with Crippen LogP contribution in [0.15, 0.2) is 83.9 Å². The van der Waals surface area contributed by atoms with E-state index in [1.807, 2.05) is 48.5 Å². The van der Waals surface area contributed by atoms with E-state index >= 15 is 0 Å². The van der Waals surface area contributed by atoms with E-state index in [1.165, 1.54) is 0 Å². The first-order valence-corrected chi connectivity index (χ1v) is 10.7. The summed E-state index contributed by atoms with van der Waals surface area (Å²) in [6.07, 6.45) is 0. The fourth-order valence-electron chi connectivity index (χ4n) is 5.24. The van der Waals surface area contributed by atoms with E-state index in [-0.39, 0.29) is 17.6 Å². The Labute approximate surface area is 186 Å². The molecule has 4 aromatic carbocycles. The molecular formula is C28H21NO3. The fourth-order valence-corrected chi connectivity index (χ4v) is 5.24. The predicted molar refractivity (Wildman–Crippen MR) is 126 cm³/mol. The van der Waals surface area contributed by atoms with Crippen molar-refractivity contribution >= 4 is 28.0 Å². The van der Waals surface area contributed by atoms with Crippen molar-refractivity contribution in [3.05, 3.63) is 101 Å². The maximum atomic E-state index is 13.7. The highest BCUT2D eigenvalue weighted by Gasteiger charge is 2.47. The number of ether oxygens (including phenoxy) is 2. The topological polar surface area (TPSA) is 47.9 Å². The number of Topliss-reactive ketones (excluding diaryl/α,β-unsaturated/α-hetero) is 1. The van der Waals surface area contributed by atoms with Gasteiger partial charge in [-0.05, 0) is 46.2 Å². The van der Waals surface area contributed by atoms with Crippen molar-refractivity contribution < 1.29 is 14.3 Å². The molecule has 2 aliphatic rings. The monoisotopic (exact) mass is 419 g/mol. The van der Waals surface area contributed by atoms with Gasteiger partial charge in [-0.25, -0.2) is 0 Å². The van der Waals surface area contributed by atoms with E-state index < -0.39 is 0 Å². The molecule has 0 N–H and O–H groups in total. The molecule has 1 aliphatic heterocycles. The van der Waals surface area contributed by atoms with Crippen LogP contribution < -0.4 is 9.47 Å². The third-order valence-corrected chi connectivity index (χ3v) is 6.65. The Hall–Kier alpha value is -3.92. The van der Waals surface area contributed by atoms with E-state index in [0.29, 0.717) is 11.5 Å². The number of hydrogen-bond acceptors (Lipinski definition) is 4. The Kier molecular flexibility index (Phi) is 4.15. The van der Waals surface area contributed by atoms with Gasteiger partial charge in [0, 0.05) is 17.0 Å².